The molecular formula is C21H18ClN3O6S2. The first-order valence-corrected chi connectivity index (χ1v) is 12.0. The van der Waals surface area contributed by atoms with Gasteiger partial charge < -0.3 is 9.84 Å². The Bertz CT molecular complexity index is 1310. The Morgan fingerprint density at radius 2 is 2.00 bits per heavy atom. The number of aryl methyl sites for hydroxylation is 1. The Morgan fingerprint density at radius 1 is 1.21 bits per heavy atom. The van der Waals surface area contributed by atoms with Gasteiger partial charge in [0.1, 0.15) is 9.96 Å². The molecule has 3 N–H and O–H groups in total. The average molecular weight is 508 g/mol. The third-order valence-electron chi connectivity index (χ3n) is 4.12. The van der Waals surface area contributed by atoms with E-state index in [0.717, 1.165) is 16.9 Å². The minimum Gasteiger partial charge on any atom is -0.481 e. The van der Waals surface area contributed by atoms with E-state index in [1.54, 1.807) is 24.4 Å². The van der Waals surface area contributed by atoms with E-state index in [1.807, 2.05) is 0 Å². The van der Waals surface area contributed by atoms with Gasteiger partial charge in [0.25, 0.3) is 15.9 Å². The van der Waals surface area contributed by atoms with Crippen molar-refractivity contribution < 1.29 is 27.9 Å². The summed E-state index contributed by atoms with van der Waals surface area (Å²) in [7, 11) is -3.86. The van der Waals surface area contributed by atoms with E-state index in [4.69, 9.17) is 21.4 Å². The molecular weight excluding hydrogens is 490 g/mol. The Hall–Kier alpha value is -3.41. The summed E-state index contributed by atoms with van der Waals surface area (Å²) >= 11 is 7.03. The van der Waals surface area contributed by atoms with Crippen molar-refractivity contribution >= 4 is 56.7 Å². The van der Waals surface area contributed by atoms with Gasteiger partial charge in [0.2, 0.25) is 0 Å². The van der Waals surface area contributed by atoms with Crippen LogP contribution in [0.15, 0.2) is 63.2 Å². The van der Waals surface area contributed by atoms with Gasteiger partial charge >= 0.3 is 5.97 Å². The topological polar surface area (TPSA) is 134 Å². The lowest BCUT2D eigenvalue weighted by molar-refractivity contribution is -0.139. The summed E-state index contributed by atoms with van der Waals surface area (Å²) in [6.07, 6.45) is 1.24. The molecule has 0 fully saturated rings. The van der Waals surface area contributed by atoms with Crippen molar-refractivity contribution in [1.29, 1.82) is 0 Å². The molecule has 2 aromatic carbocycles. The Balaban J connectivity index is 1.80. The van der Waals surface area contributed by atoms with Crippen LogP contribution in [0.1, 0.15) is 21.5 Å². The number of sulfonamides is 1. The molecule has 12 heteroatoms. The molecule has 0 spiro atoms. The maximum absolute atomic E-state index is 12.8. The van der Waals surface area contributed by atoms with E-state index in [2.05, 4.69) is 15.2 Å². The lowest BCUT2D eigenvalue weighted by atomic mass is 10.1. The van der Waals surface area contributed by atoms with Crippen molar-refractivity contribution in [2.45, 2.75) is 11.1 Å². The number of carbonyl (C=O) groups is 2. The van der Waals surface area contributed by atoms with Crippen LogP contribution in [0.2, 0.25) is 5.02 Å². The van der Waals surface area contributed by atoms with E-state index in [0.29, 0.717) is 10.6 Å². The molecule has 172 valence electrons. The first-order chi connectivity index (χ1) is 15.7. The number of aliphatic carboxylic acids is 1. The molecule has 0 atom stereocenters. The monoisotopic (exact) mass is 507 g/mol. The third-order valence-corrected chi connectivity index (χ3v) is 7.11. The zero-order valence-corrected chi connectivity index (χ0v) is 19.5. The predicted octanol–water partition coefficient (Wildman–Crippen LogP) is 3.74. The van der Waals surface area contributed by atoms with Crippen LogP contribution in [0.5, 0.6) is 5.75 Å². The number of carboxylic acid groups (broad SMARTS) is 1. The van der Waals surface area contributed by atoms with Gasteiger partial charge in [-0.25, -0.2) is 18.6 Å². The Labute approximate surface area is 198 Å². The molecule has 0 saturated heterocycles. The number of nitrogens with zero attached hydrogens (tertiary/aromatic N) is 1. The molecule has 1 amide bonds. The number of thiophene rings is 1. The number of rotatable bonds is 9. The van der Waals surface area contributed by atoms with Gasteiger partial charge in [-0.2, -0.15) is 5.10 Å². The third kappa shape index (κ3) is 6.54. The van der Waals surface area contributed by atoms with Gasteiger partial charge in [0, 0.05) is 10.6 Å². The van der Waals surface area contributed by atoms with Crippen LogP contribution in [0.25, 0.3) is 0 Å². The summed E-state index contributed by atoms with van der Waals surface area (Å²) in [6, 6.07) is 12.2. The summed E-state index contributed by atoms with van der Waals surface area (Å²) in [6.45, 7) is 1.20. The molecule has 3 aromatic rings. The molecule has 0 radical (unpaired) electrons. The second kappa shape index (κ2) is 10.5. The summed E-state index contributed by atoms with van der Waals surface area (Å²) in [5, 5.41) is 14.7. The lowest BCUT2D eigenvalue weighted by Gasteiger charge is -2.12. The summed E-state index contributed by atoms with van der Waals surface area (Å²) in [4.78, 5) is 23.5. The fourth-order valence-corrected chi connectivity index (χ4v) is 4.91. The number of carboxylic acids is 1. The van der Waals surface area contributed by atoms with Gasteiger partial charge in [0.15, 0.2) is 6.61 Å². The molecule has 0 aliphatic rings. The van der Waals surface area contributed by atoms with Gasteiger partial charge in [0.05, 0.1) is 17.5 Å². The highest BCUT2D eigenvalue weighted by molar-refractivity contribution is 7.94. The number of nitrogens with one attached hydrogen (secondary N) is 2. The number of benzene rings is 2. The highest BCUT2D eigenvalue weighted by Crippen LogP contribution is 2.24. The van der Waals surface area contributed by atoms with Crippen LogP contribution in [0.4, 0.5) is 5.69 Å². The highest BCUT2D eigenvalue weighted by Gasteiger charge is 2.19. The van der Waals surface area contributed by atoms with E-state index in [-0.39, 0.29) is 21.2 Å². The fraction of sp³-hybridized carbons (Fsp3) is 0.0952. The van der Waals surface area contributed by atoms with Crippen molar-refractivity contribution in [3.63, 3.8) is 0 Å². The van der Waals surface area contributed by atoms with Crippen molar-refractivity contribution in [2.24, 2.45) is 5.10 Å². The van der Waals surface area contributed by atoms with Gasteiger partial charge in [-0.15, -0.1) is 11.3 Å². The van der Waals surface area contributed by atoms with Crippen LogP contribution >= 0.6 is 22.9 Å². The van der Waals surface area contributed by atoms with E-state index in [9.17, 15) is 18.0 Å². The van der Waals surface area contributed by atoms with Crippen LogP contribution in [0, 0.1) is 6.92 Å². The zero-order valence-electron chi connectivity index (χ0n) is 17.1. The predicted molar refractivity (Wildman–Crippen MR) is 126 cm³/mol. The number of ether oxygens (including phenoxy) is 1. The smallest absolute Gasteiger partial charge is 0.341 e. The number of anilines is 1. The molecule has 0 aliphatic heterocycles. The number of halogens is 1. The highest BCUT2D eigenvalue weighted by atomic mass is 35.5. The molecule has 0 saturated carbocycles. The number of carbonyl (C=O) groups excluding carboxylic acids is 1. The van der Waals surface area contributed by atoms with Crippen LogP contribution in [-0.2, 0) is 14.8 Å². The minimum absolute atomic E-state index is 0.0701. The van der Waals surface area contributed by atoms with Crippen LogP contribution < -0.4 is 14.9 Å². The van der Waals surface area contributed by atoms with Crippen molar-refractivity contribution in [1.82, 2.24) is 5.43 Å². The van der Waals surface area contributed by atoms with E-state index >= 15 is 0 Å². The van der Waals surface area contributed by atoms with Crippen molar-refractivity contribution in [3.8, 4) is 5.75 Å². The SMILES string of the molecule is Cc1ccc(NS(=O)(=O)c2cccs2)c(C(=O)NN=Cc2cc(Cl)ccc2OCC(=O)O)c1. The van der Waals surface area contributed by atoms with Gasteiger partial charge in [-0.05, 0) is 48.7 Å². The fourth-order valence-electron chi connectivity index (χ4n) is 2.66. The number of hydrogen-bond donors (Lipinski definition) is 3. The number of hydrazone groups is 1. The largest absolute Gasteiger partial charge is 0.481 e. The Morgan fingerprint density at radius 3 is 2.70 bits per heavy atom. The molecule has 9 nitrogen and oxygen atoms in total. The van der Waals surface area contributed by atoms with E-state index in [1.165, 1.54) is 42.6 Å². The first kappa shape index (κ1) is 24.2. The first-order valence-electron chi connectivity index (χ1n) is 9.30. The number of hydrogen-bond acceptors (Lipinski definition) is 7. The second-order valence-corrected chi connectivity index (χ2v) is 9.94. The summed E-state index contributed by atoms with van der Waals surface area (Å²) in [5.74, 6) is -1.60. The Kier molecular flexibility index (Phi) is 7.69. The van der Waals surface area contributed by atoms with Gasteiger partial charge in [-0.1, -0.05) is 29.3 Å². The molecule has 1 heterocycles. The maximum atomic E-state index is 12.8. The van der Waals surface area contributed by atoms with Crippen LogP contribution in [-0.4, -0.2) is 38.2 Å². The maximum Gasteiger partial charge on any atom is 0.341 e. The van der Waals surface area contributed by atoms with E-state index < -0.39 is 28.5 Å². The molecule has 0 bridgehead atoms. The average Bonchev–Trinajstić information content (AvgIpc) is 3.30. The normalized spacial score (nSPS) is 11.3. The second-order valence-electron chi connectivity index (χ2n) is 6.65. The quantitative estimate of drug-likeness (QED) is 0.298. The zero-order chi connectivity index (χ0) is 24.0. The molecule has 0 unspecified atom stereocenters. The summed E-state index contributed by atoms with van der Waals surface area (Å²) in [5.41, 5.74) is 3.57. The molecule has 3 rings (SSSR count). The molecule has 0 aliphatic carbocycles. The minimum atomic E-state index is -3.86. The molecule has 1 aromatic heterocycles. The van der Waals surface area contributed by atoms with Crippen molar-refractivity contribution in [2.75, 3.05) is 11.3 Å². The number of amides is 1. The van der Waals surface area contributed by atoms with Gasteiger partial charge in [-0.3, -0.25) is 9.52 Å². The van der Waals surface area contributed by atoms with Crippen LogP contribution in [0.3, 0.4) is 0 Å². The lowest BCUT2D eigenvalue weighted by Crippen LogP contribution is -2.21. The molecule has 33 heavy (non-hydrogen) atoms. The summed E-state index contributed by atoms with van der Waals surface area (Å²) < 4.78 is 32.9. The standard InChI is InChI=1S/C21H18ClN3O6S2/c1-13-4-6-17(25-33(29,30)20-3-2-8-32-20)16(9-13)21(28)24-23-11-14-10-15(22)5-7-18(14)31-12-19(26)27/h2-11,25H,12H2,1H3,(H,24,28)(H,26,27). The van der Waals surface area contributed by atoms with Crippen molar-refractivity contribution in [3.05, 3.63) is 75.6 Å².